The van der Waals surface area contributed by atoms with Gasteiger partial charge in [0.15, 0.2) is 0 Å². The minimum Gasteiger partial charge on any atom is -0.345 e. The van der Waals surface area contributed by atoms with E-state index in [4.69, 9.17) is 0 Å². The van der Waals surface area contributed by atoms with E-state index < -0.39 is 0 Å². The zero-order valence-corrected chi connectivity index (χ0v) is 13.1. The maximum atomic E-state index is 12.4. The molecule has 3 rings (SSSR count). The fourth-order valence-corrected chi connectivity index (χ4v) is 2.91. The second kappa shape index (κ2) is 6.20. The van der Waals surface area contributed by atoms with E-state index in [9.17, 15) is 9.59 Å². The monoisotopic (exact) mass is 313 g/mol. The van der Waals surface area contributed by atoms with Gasteiger partial charge in [-0.05, 0) is 24.1 Å². The smallest absolute Gasteiger partial charge is 0.272 e. The number of rotatable bonds is 4. The molecule has 7 heteroatoms. The number of aromatic nitrogens is 3. The van der Waals surface area contributed by atoms with Crippen LogP contribution < -0.4 is 5.32 Å². The van der Waals surface area contributed by atoms with Crippen LogP contribution in [0.5, 0.6) is 0 Å². The van der Waals surface area contributed by atoms with Crippen LogP contribution in [0.3, 0.4) is 0 Å². The van der Waals surface area contributed by atoms with E-state index in [-0.39, 0.29) is 30.3 Å². The Hall–Kier alpha value is -2.70. The third-order valence-corrected chi connectivity index (χ3v) is 4.17. The molecule has 0 radical (unpaired) electrons. The first-order valence-electron chi connectivity index (χ1n) is 7.61. The second-order valence-corrected chi connectivity index (χ2v) is 5.65. The van der Waals surface area contributed by atoms with Crippen LogP contribution in [0.2, 0.25) is 0 Å². The largest absolute Gasteiger partial charge is 0.345 e. The maximum Gasteiger partial charge on any atom is 0.272 e. The summed E-state index contributed by atoms with van der Waals surface area (Å²) in [6.45, 7) is 1.98. The summed E-state index contributed by atoms with van der Waals surface area (Å²) in [6, 6.07) is 4.95. The molecule has 2 aromatic rings. The van der Waals surface area contributed by atoms with Crippen molar-refractivity contribution in [3.05, 3.63) is 47.5 Å². The molecule has 1 aliphatic heterocycles. The molecule has 0 saturated carbocycles. The Labute approximate surface area is 134 Å². The normalized spacial score (nSPS) is 20.8. The van der Waals surface area contributed by atoms with E-state index in [1.165, 1.54) is 0 Å². The molecule has 2 atom stereocenters. The van der Waals surface area contributed by atoms with Crippen LogP contribution in [0.15, 0.2) is 30.6 Å². The van der Waals surface area contributed by atoms with E-state index >= 15 is 0 Å². The van der Waals surface area contributed by atoms with Crippen molar-refractivity contribution in [1.82, 2.24) is 25.4 Å². The number of carbonyl (C=O) groups excluding carboxylic acids is 2. The van der Waals surface area contributed by atoms with Crippen molar-refractivity contribution in [3.8, 4) is 0 Å². The van der Waals surface area contributed by atoms with Crippen molar-refractivity contribution < 1.29 is 9.59 Å². The highest BCUT2D eigenvalue weighted by Gasteiger charge is 2.39. The molecule has 0 bridgehead atoms. The molecule has 2 aromatic heterocycles. The molecule has 2 N–H and O–H groups in total. The Morgan fingerprint density at radius 3 is 3.00 bits per heavy atom. The lowest BCUT2D eigenvalue weighted by molar-refractivity contribution is -0.127. The van der Waals surface area contributed by atoms with Crippen molar-refractivity contribution >= 4 is 11.8 Å². The lowest BCUT2D eigenvalue weighted by Crippen LogP contribution is -2.39. The first-order valence-corrected chi connectivity index (χ1v) is 7.61. The van der Waals surface area contributed by atoms with Gasteiger partial charge in [0.1, 0.15) is 5.69 Å². The summed E-state index contributed by atoms with van der Waals surface area (Å²) in [4.78, 5) is 30.2. The molecule has 7 nitrogen and oxygen atoms in total. The van der Waals surface area contributed by atoms with Crippen molar-refractivity contribution in [1.29, 1.82) is 0 Å². The van der Waals surface area contributed by atoms with Gasteiger partial charge in [0.05, 0.1) is 12.1 Å². The van der Waals surface area contributed by atoms with Crippen LogP contribution in [0.4, 0.5) is 0 Å². The molecule has 3 heterocycles. The quantitative estimate of drug-likeness (QED) is 0.883. The number of amides is 2. The van der Waals surface area contributed by atoms with Gasteiger partial charge < -0.3 is 10.2 Å². The minimum absolute atomic E-state index is 0.000396. The number of likely N-dealkylation sites (N-methyl/N-ethyl adjacent to an activating group) is 1. The number of likely N-dealkylation sites (tertiary alicyclic amines) is 1. The Balaban J connectivity index is 1.80. The molecular weight excluding hydrogens is 294 g/mol. The molecule has 2 amide bonds. The summed E-state index contributed by atoms with van der Waals surface area (Å²) in [6.07, 6.45) is 4.46. The van der Waals surface area contributed by atoms with Crippen LogP contribution >= 0.6 is 0 Å². The summed E-state index contributed by atoms with van der Waals surface area (Å²) in [5, 5.41) is 9.77. The lowest BCUT2D eigenvalue weighted by Gasteiger charge is -2.25. The fraction of sp³-hybridized carbons (Fsp3) is 0.375. The second-order valence-electron chi connectivity index (χ2n) is 5.65. The highest BCUT2D eigenvalue weighted by atomic mass is 16.2. The number of nitrogens with one attached hydrogen (secondary N) is 2. The van der Waals surface area contributed by atoms with Gasteiger partial charge >= 0.3 is 0 Å². The van der Waals surface area contributed by atoms with Crippen molar-refractivity contribution in [3.63, 3.8) is 0 Å². The first-order chi connectivity index (χ1) is 11.1. The van der Waals surface area contributed by atoms with Crippen molar-refractivity contribution in [2.24, 2.45) is 0 Å². The zero-order chi connectivity index (χ0) is 16.4. The van der Waals surface area contributed by atoms with Gasteiger partial charge in [-0.25, -0.2) is 0 Å². The first kappa shape index (κ1) is 15.2. The molecule has 0 aliphatic carbocycles. The third kappa shape index (κ3) is 2.94. The van der Waals surface area contributed by atoms with Gasteiger partial charge in [-0.1, -0.05) is 13.0 Å². The highest BCUT2D eigenvalue weighted by molar-refractivity contribution is 5.93. The molecule has 0 spiro atoms. The summed E-state index contributed by atoms with van der Waals surface area (Å²) in [7, 11) is 1.75. The predicted octanol–water partition coefficient (Wildman–Crippen LogP) is 1.07. The summed E-state index contributed by atoms with van der Waals surface area (Å²) in [5.74, 6) is -0.275. The van der Waals surface area contributed by atoms with E-state index in [1.54, 1.807) is 30.4 Å². The number of H-pyrrole nitrogens is 1. The average Bonchev–Trinajstić information content (AvgIpc) is 3.14. The van der Waals surface area contributed by atoms with Gasteiger partial charge in [0, 0.05) is 31.6 Å². The number of hydrogen-bond acceptors (Lipinski definition) is 4. The van der Waals surface area contributed by atoms with Crippen LogP contribution in [0.25, 0.3) is 0 Å². The Morgan fingerprint density at radius 2 is 2.35 bits per heavy atom. The lowest BCUT2D eigenvalue weighted by atomic mass is 10.0. The molecule has 0 unspecified atom stereocenters. The SMILES string of the molecule is CCc1cc(C(=O)N[C@@H]2CC(=O)N(C)[C@H]2c2cccnc2)n[nH]1. The van der Waals surface area contributed by atoms with Gasteiger partial charge in [-0.3, -0.25) is 19.7 Å². The average molecular weight is 313 g/mol. The van der Waals surface area contributed by atoms with Crippen molar-refractivity contribution in [2.75, 3.05) is 7.05 Å². The number of aromatic amines is 1. The van der Waals surface area contributed by atoms with E-state index in [1.807, 2.05) is 19.1 Å². The predicted molar refractivity (Wildman–Crippen MR) is 83.6 cm³/mol. The third-order valence-electron chi connectivity index (χ3n) is 4.17. The van der Waals surface area contributed by atoms with Gasteiger partial charge in [0.2, 0.25) is 5.91 Å². The summed E-state index contributed by atoms with van der Waals surface area (Å²) < 4.78 is 0. The summed E-state index contributed by atoms with van der Waals surface area (Å²) >= 11 is 0. The minimum atomic E-state index is -0.300. The van der Waals surface area contributed by atoms with Gasteiger partial charge in [-0.15, -0.1) is 0 Å². The maximum absolute atomic E-state index is 12.4. The number of carbonyl (C=O) groups is 2. The van der Waals surface area contributed by atoms with Crippen LogP contribution in [0.1, 0.15) is 41.1 Å². The van der Waals surface area contributed by atoms with Gasteiger partial charge in [0.25, 0.3) is 5.91 Å². The molecule has 1 fully saturated rings. The Bertz CT molecular complexity index is 712. The van der Waals surface area contributed by atoms with Gasteiger partial charge in [-0.2, -0.15) is 5.10 Å². The molecule has 0 aromatic carbocycles. The topological polar surface area (TPSA) is 91.0 Å². The zero-order valence-electron chi connectivity index (χ0n) is 13.1. The van der Waals surface area contributed by atoms with E-state index in [0.717, 1.165) is 17.7 Å². The van der Waals surface area contributed by atoms with Crippen LogP contribution in [-0.2, 0) is 11.2 Å². The molecule has 1 saturated heterocycles. The molecule has 23 heavy (non-hydrogen) atoms. The number of nitrogens with zero attached hydrogens (tertiary/aromatic N) is 3. The van der Waals surface area contributed by atoms with Crippen LogP contribution in [0, 0.1) is 0 Å². The molecule has 120 valence electrons. The number of aryl methyl sites for hydroxylation is 1. The standard InChI is InChI=1S/C16H19N5O2/c1-3-11-7-13(20-19-11)16(23)18-12-8-14(22)21(2)15(12)10-5-4-6-17-9-10/h4-7,9,12,15H,3,8H2,1-2H3,(H,18,23)(H,19,20)/t12-,15+/m1/s1. The number of pyridine rings is 1. The van der Waals surface area contributed by atoms with Crippen LogP contribution in [-0.4, -0.2) is 45.0 Å². The molecule has 1 aliphatic rings. The van der Waals surface area contributed by atoms with E-state index in [2.05, 4.69) is 20.5 Å². The van der Waals surface area contributed by atoms with Crippen molar-refractivity contribution in [2.45, 2.75) is 31.8 Å². The summed E-state index contributed by atoms with van der Waals surface area (Å²) in [5.41, 5.74) is 2.15. The number of hydrogen-bond donors (Lipinski definition) is 2. The Morgan fingerprint density at radius 1 is 1.52 bits per heavy atom. The molecular formula is C16H19N5O2. The Kier molecular flexibility index (Phi) is 4.10. The highest BCUT2D eigenvalue weighted by Crippen LogP contribution is 2.31. The van der Waals surface area contributed by atoms with E-state index in [0.29, 0.717) is 5.69 Å². The fourth-order valence-electron chi connectivity index (χ4n) is 2.91.